The zero-order valence-corrected chi connectivity index (χ0v) is 14.2. The van der Waals surface area contributed by atoms with Crippen molar-refractivity contribution in [3.63, 3.8) is 0 Å². The van der Waals surface area contributed by atoms with Crippen LogP contribution in [0.1, 0.15) is 31.6 Å². The first-order valence-corrected chi connectivity index (χ1v) is 7.83. The molecule has 1 aromatic carbocycles. The second kappa shape index (κ2) is 7.67. The summed E-state index contributed by atoms with van der Waals surface area (Å²) in [6, 6.07) is 7.42. The van der Waals surface area contributed by atoms with E-state index in [9.17, 15) is 4.79 Å². The van der Waals surface area contributed by atoms with Gasteiger partial charge in [-0.2, -0.15) is 0 Å². The van der Waals surface area contributed by atoms with E-state index < -0.39 is 0 Å². The Kier molecular flexibility index (Phi) is 5.62. The third-order valence-electron chi connectivity index (χ3n) is 3.67. The summed E-state index contributed by atoms with van der Waals surface area (Å²) in [6.45, 7) is 2.09. The topological polar surface area (TPSA) is 62.2 Å². The molecule has 1 unspecified atom stereocenters. The molecule has 0 aliphatic rings. The molecule has 0 aliphatic heterocycles. The fourth-order valence-corrected chi connectivity index (χ4v) is 2.45. The van der Waals surface area contributed by atoms with Crippen molar-refractivity contribution < 1.29 is 4.79 Å². The summed E-state index contributed by atoms with van der Waals surface area (Å²) in [4.78, 5) is 18.7. The van der Waals surface area contributed by atoms with Crippen LogP contribution in [0.25, 0.3) is 0 Å². The third kappa shape index (κ3) is 4.48. The number of carbonyl (C=O) groups is 1. The van der Waals surface area contributed by atoms with E-state index >= 15 is 0 Å². The normalized spacial score (nSPS) is 11.8. The van der Waals surface area contributed by atoms with Gasteiger partial charge >= 0.3 is 6.03 Å². The van der Waals surface area contributed by atoms with Crippen LogP contribution in [-0.2, 0) is 7.05 Å². The lowest BCUT2D eigenvalue weighted by Gasteiger charge is -2.19. The third-order valence-corrected chi connectivity index (χ3v) is 3.67. The molecular formula is C17H25N5O. The fourth-order valence-electron chi connectivity index (χ4n) is 2.45. The summed E-state index contributed by atoms with van der Waals surface area (Å²) < 4.78 is 1.94. The summed E-state index contributed by atoms with van der Waals surface area (Å²) in [7, 11) is 5.88. The molecule has 124 valence electrons. The van der Waals surface area contributed by atoms with Crippen molar-refractivity contribution in [3.8, 4) is 0 Å². The number of nitrogens with zero attached hydrogens (tertiary/aromatic N) is 3. The molecule has 0 spiro atoms. The molecular weight excluding hydrogens is 290 g/mol. The van der Waals surface area contributed by atoms with Gasteiger partial charge in [-0.15, -0.1) is 0 Å². The number of aryl methyl sites for hydroxylation is 1. The Morgan fingerprint density at radius 3 is 2.78 bits per heavy atom. The van der Waals surface area contributed by atoms with Crippen molar-refractivity contribution in [3.05, 3.63) is 42.5 Å². The minimum Gasteiger partial charge on any atom is -0.378 e. The fraction of sp³-hybridized carbons (Fsp3) is 0.412. The van der Waals surface area contributed by atoms with Gasteiger partial charge in [-0.25, -0.2) is 9.78 Å². The number of rotatable bonds is 6. The quantitative estimate of drug-likeness (QED) is 0.861. The smallest absolute Gasteiger partial charge is 0.319 e. The maximum atomic E-state index is 12.3. The van der Waals surface area contributed by atoms with E-state index in [1.807, 2.05) is 61.1 Å². The van der Waals surface area contributed by atoms with E-state index in [2.05, 4.69) is 22.5 Å². The molecule has 2 rings (SSSR count). The highest BCUT2D eigenvalue weighted by molar-refractivity contribution is 5.90. The van der Waals surface area contributed by atoms with E-state index in [-0.39, 0.29) is 12.1 Å². The van der Waals surface area contributed by atoms with Crippen LogP contribution in [0.15, 0.2) is 36.7 Å². The number of anilines is 2. The first kappa shape index (κ1) is 16.9. The lowest BCUT2D eigenvalue weighted by atomic mass is 10.1. The Labute approximate surface area is 137 Å². The van der Waals surface area contributed by atoms with Crippen LogP contribution in [-0.4, -0.2) is 29.7 Å². The Morgan fingerprint density at radius 1 is 1.39 bits per heavy atom. The molecule has 1 aromatic heterocycles. The van der Waals surface area contributed by atoms with Crippen molar-refractivity contribution in [2.24, 2.45) is 7.05 Å². The molecule has 6 nitrogen and oxygen atoms in total. The Morgan fingerprint density at radius 2 is 2.17 bits per heavy atom. The molecule has 6 heteroatoms. The highest BCUT2D eigenvalue weighted by Crippen LogP contribution is 2.19. The van der Waals surface area contributed by atoms with Gasteiger partial charge < -0.3 is 20.1 Å². The molecule has 0 fully saturated rings. The summed E-state index contributed by atoms with van der Waals surface area (Å²) >= 11 is 0. The molecule has 0 bridgehead atoms. The number of amides is 2. The predicted molar refractivity (Wildman–Crippen MR) is 93.8 cm³/mol. The molecule has 2 aromatic rings. The van der Waals surface area contributed by atoms with Crippen molar-refractivity contribution >= 4 is 17.4 Å². The molecule has 0 saturated heterocycles. The maximum Gasteiger partial charge on any atom is 0.319 e. The second-order valence-corrected chi connectivity index (χ2v) is 5.78. The Bertz CT molecular complexity index is 650. The van der Waals surface area contributed by atoms with Gasteiger partial charge in [0.25, 0.3) is 0 Å². The summed E-state index contributed by atoms with van der Waals surface area (Å²) in [5, 5.41) is 5.91. The molecule has 2 amide bonds. The molecule has 0 saturated carbocycles. The lowest BCUT2D eigenvalue weighted by Crippen LogP contribution is -2.33. The zero-order valence-electron chi connectivity index (χ0n) is 14.2. The largest absolute Gasteiger partial charge is 0.378 e. The van der Waals surface area contributed by atoms with Crippen molar-refractivity contribution in [2.75, 3.05) is 24.3 Å². The zero-order chi connectivity index (χ0) is 16.8. The van der Waals surface area contributed by atoms with Crippen molar-refractivity contribution in [2.45, 2.75) is 25.8 Å². The van der Waals surface area contributed by atoms with Gasteiger partial charge in [0.15, 0.2) is 0 Å². The summed E-state index contributed by atoms with van der Waals surface area (Å²) in [5.41, 5.74) is 1.81. The van der Waals surface area contributed by atoms with E-state index in [4.69, 9.17) is 0 Å². The average Bonchev–Trinajstić information content (AvgIpc) is 2.93. The number of aromatic nitrogens is 2. The van der Waals surface area contributed by atoms with Gasteiger partial charge in [0, 0.05) is 44.9 Å². The minimum atomic E-state index is -0.220. The van der Waals surface area contributed by atoms with Crippen LogP contribution in [0.4, 0.5) is 16.2 Å². The van der Waals surface area contributed by atoms with Gasteiger partial charge in [-0.1, -0.05) is 19.4 Å². The Hall–Kier alpha value is -2.50. The van der Waals surface area contributed by atoms with Gasteiger partial charge in [0.1, 0.15) is 5.82 Å². The number of urea groups is 1. The highest BCUT2D eigenvalue weighted by atomic mass is 16.2. The van der Waals surface area contributed by atoms with Gasteiger partial charge in [0.05, 0.1) is 6.04 Å². The molecule has 0 aliphatic carbocycles. The van der Waals surface area contributed by atoms with E-state index in [1.54, 1.807) is 6.20 Å². The number of nitrogens with one attached hydrogen (secondary N) is 2. The molecule has 1 atom stereocenters. The monoisotopic (exact) mass is 315 g/mol. The van der Waals surface area contributed by atoms with Crippen LogP contribution in [0.2, 0.25) is 0 Å². The molecule has 23 heavy (non-hydrogen) atoms. The highest BCUT2D eigenvalue weighted by Gasteiger charge is 2.17. The van der Waals surface area contributed by atoms with E-state index in [0.29, 0.717) is 0 Å². The number of benzene rings is 1. The number of hydrogen-bond acceptors (Lipinski definition) is 3. The lowest BCUT2D eigenvalue weighted by molar-refractivity contribution is 0.247. The number of imidazole rings is 1. The SMILES string of the molecule is CCCC(NC(=O)Nc1cccc(N(C)C)c1)c1nccn1C. The summed E-state index contributed by atoms with van der Waals surface area (Å²) in [5.74, 6) is 0.865. The standard InChI is InChI=1S/C17H25N5O/c1-5-7-15(16-18-10-11-22(16)4)20-17(23)19-13-8-6-9-14(12-13)21(2)3/h6,8-12,15H,5,7H2,1-4H3,(H2,19,20,23). The van der Waals surface area contributed by atoms with Crippen LogP contribution in [0.5, 0.6) is 0 Å². The number of carbonyl (C=O) groups excluding carboxylic acids is 1. The summed E-state index contributed by atoms with van der Waals surface area (Å²) in [6.07, 6.45) is 5.44. The van der Waals surface area contributed by atoms with Gasteiger partial charge in [0.2, 0.25) is 0 Å². The van der Waals surface area contributed by atoms with Crippen LogP contribution in [0, 0.1) is 0 Å². The predicted octanol–water partition coefficient (Wildman–Crippen LogP) is 3.15. The van der Waals surface area contributed by atoms with Crippen LogP contribution in [0.3, 0.4) is 0 Å². The van der Waals surface area contributed by atoms with Gasteiger partial charge in [-0.05, 0) is 24.6 Å². The average molecular weight is 315 g/mol. The Balaban J connectivity index is 2.05. The number of hydrogen-bond donors (Lipinski definition) is 2. The molecule has 1 heterocycles. The van der Waals surface area contributed by atoms with E-state index in [0.717, 1.165) is 30.0 Å². The second-order valence-electron chi connectivity index (χ2n) is 5.78. The molecule has 0 radical (unpaired) electrons. The van der Waals surface area contributed by atoms with Gasteiger partial charge in [-0.3, -0.25) is 0 Å². The van der Waals surface area contributed by atoms with Crippen LogP contribution < -0.4 is 15.5 Å². The van der Waals surface area contributed by atoms with E-state index in [1.165, 1.54) is 0 Å². The maximum absolute atomic E-state index is 12.3. The molecule has 2 N–H and O–H groups in total. The first-order valence-electron chi connectivity index (χ1n) is 7.83. The van der Waals surface area contributed by atoms with Crippen molar-refractivity contribution in [1.82, 2.24) is 14.9 Å². The minimum absolute atomic E-state index is 0.1000. The van der Waals surface area contributed by atoms with Crippen LogP contribution >= 0.6 is 0 Å². The van der Waals surface area contributed by atoms with Crippen molar-refractivity contribution in [1.29, 1.82) is 0 Å². The first-order chi connectivity index (χ1) is 11.0.